The van der Waals surface area contributed by atoms with Gasteiger partial charge in [-0.2, -0.15) is 0 Å². The Morgan fingerprint density at radius 1 is 0.833 bits per heavy atom. The third kappa shape index (κ3) is 3.35. The van der Waals surface area contributed by atoms with Crippen LogP contribution in [0.1, 0.15) is 119 Å². The molecule has 2 heteroatoms. The van der Waals surface area contributed by atoms with Crippen LogP contribution in [0.5, 0.6) is 0 Å². The minimum Gasteiger partial charge on any atom is -0.396 e. The molecule has 0 heterocycles. The molecular weight excluding hydrogens is 368 g/mol. The van der Waals surface area contributed by atoms with Crippen LogP contribution in [0, 0.1) is 33.5 Å². The first kappa shape index (κ1) is 24.3. The largest absolute Gasteiger partial charge is 0.396 e. The molecule has 0 saturated heterocycles. The summed E-state index contributed by atoms with van der Waals surface area (Å²) in [4.78, 5) is 0. The lowest BCUT2D eigenvalue weighted by Gasteiger charge is -2.62. The molecule has 0 aliphatic heterocycles. The van der Waals surface area contributed by atoms with Crippen LogP contribution in [0.15, 0.2) is 11.1 Å². The molecule has 0 spiro atoms. The van der Waals surface area contributed by atoms with Crippen LogP contribution in [-0.2, 0) is 0 Å². The Bertz CT molecular complexity index is 649. The van der Waals surface area contributed by atoms with Gasteiger partial charge in [-0.3, -0.25) is 0 Å². The van der Waals surface area contributed by atoms with Gasteiger partial charge in [-0.1, -0.05) is 66.0 Å². The molecule has 2 fully saturated rings. The van der Waals surface area contributed by atoms with Crippen molar-refractivity contribution in [1.29, 1.82) is 0 Å². The van der Waals surface area contributed by atoms with Gasteiger partial charge in [-0.05, 0) is 97.7 Å². The van der Waals surface area contributed by atoms with Crippen LogP contribution < -0.4 is 0 Å². The molecule has 30 heavy (non-hydrogen) atoms. The highest BCUT2D eigenvalue weighted by Gasteiger charge is 2.62. The zero-order valence-corrected chi connectivity index (χ0v) is 21.1. The number of unbranched alkanes of at least 4 members (excludes halogenated alkanes) is 1. The number of fused-ring (bicyclic) bond motifs is 4. The van der Waals surface area contributed by atoms with Crippen LogP contribution in [0.3, 0.4) is 0 Å². The summed E-state index contributed by atoms with van der Waals surface area (Å²) in [5.41, 5.74) is 4.81. The van der Waals surface area contributed by atoms with Gasteiger partial charge in [0, 0.05) is 6.61 Å². The second-order valence-electron chi connectivity index (χ2n) is 12.0. The molecule has 2 nitrogen and oxygen atoms in total. The van der Waals surface area contributed by atoms with E-state index in [2.05, 4.69) is 34.6 Å². The molecule has 0 radical (unpaired) electrons. The smallest absolute Gasteiger partial charge is 0.0594 e. The monoisotopic (exact) mass is 418 g/mol. The lowest BCUT2D eigenvalue weighted by molar-refractivity contribution is -0.0957. The van der Waals surface area contributed by atoms with E-state index in [9.17, 15) is 10.2 Å². The Labute approximate surface area is 186 Å². The van der Waals surface area contributed by atoms with Crippen molar-refractivity contribution in [2.24, 2.45) is 33.5 Å². The van der Waals surface area contributed by atoms with Crippen molar-refractivity contribution in [3.8, 4) is 0 Å². The zero-order valence-electron chi connectivity index (χ0n) is 21.1. The van der Waals surface area contributed by atoms with Crippen molar-refractivity contribution in [2.45, 2.75) is 125 Å². The van der Waals surface area contributed by atoms with Gasteiger partial charge in [0.05, 0.1) is 6.10 Å². The van der Waals surface area contributed by atoms with E-state index >= 15 is 0 Å². The Balaban J connectivity index is 0.00000124. The fourth-order valence-electron chi connectivity index (χ4n) is 8.76. The molecule has 4 rings (SSSR count). The van der Waals surface area contributed by atoms with E-state index in [1.165, 1.54) is 57.8 Å². The summed E-state index contributed by atoms with van der Waals surface area (Å²) in [6.45, 7) is 16.8. The second-order valence-corrected chi connectivity index (χ2v) is 12.0. The zero-order chi connectivity index (χ0) is 22.4. The van der Waals surface area contributed by atoms with Gasteiger partial charge in [0.15, 0.2) is 0 Å². The summed E-state index contributed by atoms with van der Waals surface area (Å²) in [6.07, 6.45) is 13.4. The predicted molar refractivity (Wildman–Crippen MR) is 127 cm³/mol. The van der Waals surface area contributed by atoms with Gasteiger partial charge in [0.25, 0.3) is 0 Å². The van der Waals surface area contributed by atoms with Crippen molar-refractivity contribution in [1.82, 2.24) is 0 Å². The maximum atomic E-state index is 10.7. The Morgan fingerprint density at radius 3 is 2.20 bits per heavy atom. The fourth-order valence-corrected chi connectivity index (χ4v) is 8.76. The van der Waals surface area contributed by atoms with Crippen molar-refractivity contribution in [3.63, 3.8) is 0 Å². The highest BCUT2D eigenvalue weighted by atomic mass is 16.3. The van der Waals surface area contributed by atoms with Gasteiger partial charge in [-0.25, -0.2) is 0 Å². The van der Waals surface area contributed by atoms with E-state index < -0.39 is 0 Å². The topological polar surface area (TPSA) is 40.5 Å². The number of rotatable bonds is 4. The molecule has 4 aliphatic rings. The van der Waals surface area contributed by atoms with Crippen LogP contribution in [0.2, 0.25) is 0 Å². The Morgan fingerprint density at radius 2 is 1.53 bits per heavy atom. The molecule has 2 N–H and O–H groups in total. The third-order valence-electron chi connectivity index (χ3n) is 10.9. The van der Waals surface area contributed by atoms with E-state index in [0.29, 0.717) is 28.8 Å². The standard InChI is InChI=1S/C26H44O2.C2H6/c1-23(2)21-10-9-20-19(24(21,3)14-13-22(23)28)12-16-25(4)18(8-6-7-17-27)11-15-26(20,25)5;1-2/h18,21-22,27-28H,6-17H2,1-5H3;1-2H3/t18?,21?,22-,24+,25+,26-;/m0./s1. The average Bonchev–Trinajstić information content (AvgIpc) is 2.98. The maximum Gasteiger partial charge on any atom is 0.0594 e. The molecular formula is C28H50O2. The van der Waals surface area contributed by atoms with Crippen molar-refractivity contribution in [2.75, 3.05) is 6.61 Å². The van der Waals surface area contributed by atoms with Gasteiger partial charge >= 0.3 is 0 Å². The highest BCUT2D eigenvalue weighted by molar-refractivity contribution is 5.38. The SMILES string of the molecule is CC.CC1(C)C2CCC3=C(CC[C@]4(C)C(CCCCO)CC[C@@]34C)[C@@]2(C)CC[C@@H]1O. The summed E-state index contributed by atoms with van der Waals surface area (Å²) >= 11 is 0. The summed E-state index contributed by atoms with van der Waals surface area (Å²) in [5, 5.41) is 19.9. The van der Waals surface area contributed by atoms with E-state index in [4.69, 9.17) is 0 Å². The van der Waals surface area contributed by atoms with Crippen molar-refractivity contribution >= 4 is 0 Å². The second kappa shape index (κ2) is 8.54. The molecule has 2 saturated carbocycles. The molecule has 6 atom stereocenters. The predicted octanol–water partition coefficient (Wildman–Crippen LogP) is 7.29. The van der Waals surface area contributed by atoms with Gasteiger partial charge < -0.3 is 10.2 Å². The molecule has 0 aromatic carbocycles. The quantitative estimate of drug-likeness (QED) is 0.372. The van der Waals surface area contributed by atoms with E-state index in [0.717, 1.165) is 18.8 Å². The molecule has 0 aromatic rings. The fraction of sp³-hybridized carbons (Fsp3) is 0.929. The molecule has 0 bridgehead atoms. The van der Waals surface area contributed by atoms with E-state index in [1.807, 2.05) is 25.0 Å². The summed E-state index contributed by atoms with van der Waals surface area (Å²) in [5.74, 6) is 1.45. The van der Waals surface area contributed by atoms with Crippen molar-refractivity contribution < 1.29 is 10.2 Å². The van der Waals surface area contributed by atoms with Gasteiger partial charge in [0.2, 0.25) is 0 Å². The number of hydrogen-bond donors (Lipinski definition) is 2. The van der Waals surface area contributed by atoms with Crippen LogP contribution >= 0.6 is 0 Å². The Kier molecular flexibility index (Phi) is 6.92. The maximum absolute atomic E-state index is 10.7. The molecule has 174 valence electrons. The molecule has 4 aliphatic carbocycles. The molecule has 2 unspecified atom stereocenters. The lowest BCUT2D eigenvalue weighted by atomic mass is 9.43. The van der Waals surface area contributed by atoms with Crippen LogP contribution in [-0.4, -0.2) is 22.9 Å². The number of aliphatic hydroxyl groups excluding tert-OH is 2. The lowest BCUT2D eigenvalue weighted by Crippen LogP contribution is -2.54. The Hall–Kier alpha value is -0.340. The van der Waals surface area contributed by atoms with Gasteiger partial charge in [-0.15, -0.1) is 0 Å². The van der Waals surface area contributed by atoms with Crippen molar-refractivity contribution in [3.05, 3.63) is 11.1 Å². The summed E-state index contributed by atoms with van der Waals surface area (Å²) in [6, 6.07) is 0. The van der Waals surface area contributed by atoms with Crippen LogP contribution in [0.25, 0.3) is 0 Å². The highest BCUT2D eigenvalue weighted by Crippen LogP contribution is 2.72. The third-order valence-corrected chi connectivity index (χ3v) is 10.9. The molecule has 0 amide bonds. The van der Waals surface area contributed by atoms with Crippen LogP contribution in [0.4, 0.5) is 0 Å². The first-order valence-corrected chi connectivity index (χ1v) is 13.1. The number of aliphatic hydroxyl groups is 2. The normalized spacial score (nSPS) is 44.5. The number of hydrogen-bond acceptors (Lipinski definition) is 2. The first-order chi connectivity index (χ1) is 14.1. The average molecular weight is 419 g/mol. The summed E-state index contributed by atoms with van der Waals surface area (Å²) < 4.78 is 0. The van der Waals surface area contributed by atoms with E-state index in [-0.39, 0.29) is 11.5 Å². The minimum absolute atomic E-state index is 0.0374. The molecule has 0 aromatic heterocycles. The minimum atomic E-state index is -0.139. The number of allylic oxidation sites excluding steroid dienone is 2. The summed E-state index contributed by atoms with van der Waals surface area (Å²) in [7, 11) is 0. The first-order valence-electron chi connectivity index (χ1n) is 13.1. The van der Waals surface area contributed by atoms with Gasteiger partial charge in [0.1, 0.15) is 0 Å². The van der Waals surface area contributed by atoms with E-state index in [1.54, 1.807) is 0 Å².